The summed E-state index contributed by atoms with van der Waals surface area (Å²) < 4.78 is 33.4. The molecule has 4 rings (SSSR count). The SMILES string of the molecule is N#Cc1cccc(S(=O)(=O)N(Cc2c(Cl)cccc2Cl)c2ccc3c(c2)C(=O)OC3)c1. The lowest BCUT2D eigenvalue weighted by molar-refractivity contribution is 0.0535. The van der Waals surface area contributed by atoms with Crippen molar-refractivity contribution < 1.29 is 17.9 Å². The molecule has 0 bridgehead atoms. The van der Waals surface area contributed by atoms with Crippen LogP contribution in [0.25, 0.3) is 0 Å². The number of carbonyl (C=O) groups is 1. The standard InChI is InChI=1S/C22H14Cl2N2O4S/c23-20-5-2-6-21(24)19(20)12-26(16-8-7-15-13-30-22(27)18(15)10-16)31(28,29)17-4-1-3-14(9-17)11-25/h1-10H,12-13H2. The van der Waals surface area contributed by atoms with Crippen LogP contribution in [0, 0.1) is 11.3 Å². The molecular weight excluding hydrogens is 459 g/mol. The van der Waals surface area contributed by atoms with Crippen LogP contribution in [0.2, 0.25) is 10.0 Å². The minimum Gasteiger partial charge on any atom is -0.457 e. The number of hydrogen-bond donors (Lipinski definition) is 0. The highest BCUT2D eigenvalue weighted by atomic mass is 35.5. The molecule has 1 aliphatic rings. The van der Waals surface area contributed by atoms with Crippen LogP contribution < -0.4 is 4.31 Å². The zero-order chi connectivity index (χ0) is 22.2. The van der Waals surface area contributed by atoms with Gasteiger partial charge < -0.3 is 4.74 Å². The van der Waals surface area contributed by atoms with Crippen LogP contribution in [-0.4, -0.2) is 14.4 Å². The van der Waals surface area contributed by atoms with E-state index in [1.54, 1.807) is 30.3 Å². The Labute approximate surface area is 189 Å². The van der Waals surface area contributed by atoms with Crippen molar-refractivity contribution in [2.24, 2.45) is 0 Å². The Hall–Kier alpha value is -3.05. The number of sulfonamides is 1. The number of anilines is 1. The van der Waals surface area contributed by atoms with E-state index in [-0.39, 0.29) is 29.3 Å². The first kappa shape index (κ1) is 21.2. The third kappa shape index (κ3) is 3.98. The molecule has 0 fully saturated rings. The highest BCUT2D eigenvalue weighted by Crippen LogP contribution is 2.34. The third-order valence-corrected chi connectivity index (χ3v) is 7.35. The van der Waals surface area contributed by atoms with Crippen molar-refractivity contribution in [2.45, 2.75) is 18.0 Å². The maximum absolute atomic E-state index is 13.6. The quantitative estimate of drug-likeness (QED) is 0.491. The van der Waals surface area contributed by atoms with E-state index in [2.05, 4.69) is 0 Å². The van der Waals surface area contributed by atoms with Crippen molar-refractivity contribution in [1.82, 2.24) is 0 Å². The molecule has 6 nitrogen and oxygen atoms in total. The first-order chi connectivity index (χ1) is 14.8. The topological polar surface area (TPSA) is 87.5 Å². The highest BCUT2D eigenvalue weighted by molar-refractivity contribution is 7.92. The molecule has 0 saturated heterocycles. The predicted molar refractivity (Wildman–Crippen MR) is 117 cm³/mol. The van der Waals surface area contributed by atoms with E-state index in [0.717, 1.165) is 4.31 Å². The number of rotatable bonds is 5. The largest absolute Gasteiger partial charge is 0.457 e. The maximum atomic E-state index is 13.6. The van der Waals surface area contributed by atoms with E-state index in [1.807, 2.05) is 6.07 Å². The summed E-state index contributed by atoms with van der Waals surface area (Å²) in [6.07, 6.45) is 0. The summed E-state index contributed by atoms with van der Waals surface area (Å²) in [5.41, 5.74) is 1.83. The van der Waals surface area contributed by atoms with Crippen molar-refractivity contribution in [3.8, 4) is 6.07 Å². The van der Waals surface area contributed by atoms with Crippen LogP contribution >= 0.6 is 23.2 Å². The van der Waals surface area contributed by atoms with Crippen LogP contribution in [0.15, 0.2) is 65.6 Å². The zero-order valence-electron chi connectivity index (χ0n) is 15.9. The van der Waals surface area contributed by atoms with E-state index in [0.29, 0.717) is 26.7 Å². The zero-order valence-corrected chi connectivity index (χ0v) is 18.2. The molecule has 9 heteroatoms. The average Bonchev–Trinajstić information content (AvgIpc) is 3.13. The second-order valence-corrected chi connectivity index (χ2v) is 9.45. The van der Waals surface area contributed by atoms with Gasteiger partial charge in [0.15, 0.2) is 0 Å². The van der Waals surface area contributed by atoms with Gasteiger partial charge in [-0.1, -0.05) is 41.4 Å². The number of hydrogen-bond acceptors (Lipinski definition) is 5. The molecule has 0 radical (unpaired) electrons. The lowest BCUT2D eigenvalue weighted by Crippen LogP contribution is -2.31. The van der Waals surface area contributed by atoms with Gasteiger partial charge in [0.2, 0.25) is 0 Å². The number of halogens is 2. The van der Waals surface area contributed by atoms with E-state index < -0.39 is 16.0 Å². The Morgan fingerprint density at radius 2 is 1.74 bits per heavy atom. The number of ether oxygens (including phenoxy) is 1. The molecule has 31 heavy (non-hydrogen) atoms. The molecule has 1 aliphatic heterocycles. The van der Waals surface area contributed by atoms with E-state index >= 15 is 0 Å². The average molecular weight is 473 g/mol. The highest BCUT2D eigenvalue weighted by Gasteiger charge is 2.29. The third-order valence-electron chi connectivity index (χ3n) is 4.87. The Balaban J connectivity index is 1.88. The minimum absolute atomic E-state index is 0.0715. The summed E-state index contributed by atoms with van der Waals surface area (Å²) in [7, 11) is -4.14. The second kappa shape index (κ2) is 8.23. The first-order valence-electron chi connectivity index (χ1n) is 9.07. The number of benzene rings is 3. The lowest BCUT2D eigenvalue weighted by Gasteiger charge is -2.26. The van der Waals surface area contributed by atoms with Gasteiger partial charge in [-0.15, -0.1) is 0 Å². The summed E-state index contributed by atoms with van der Waals surface area (Å²) in [4.78, 5) is 12.0. The molecule has 0 unspecified atom stereocenters. The van der Waals surface area contributed by atoms with Crippen LogP contribution in [0.3, 0.4) is 0 Å². The molecule has 156 valence electrons. The molecule has 0 N–H and O–H groups in total. The fourth-order valence-electron chi connectivity index (χ4n) is 3.25. The van der Waals surface area contributed by atoms with Gasteiger partial charge in [0, 0.05) is 21.2 Å². The number of fused-ring (bicyclic) bond motifs is 1. The normalized spacial score (nSPS) is 12.7. The van der Waals surface area contributed by atoms with Crippen LogP contribution in [0.4, 0.5) is 5.69 Å². The number of nitriles is 1. The fraction of sp³-hybridized carbons (Fsp3) is 0.0909. The lowest BCUT2D eigenvalue weighted by atomic mass is 10.1. The molecule has 0 saturated carbocycles. The molecule has 1 heterocycles. The number of carbonyl (C=O) groups excluding carboxylic acids is 1. The second-order valence-electron chi connectivity index (χ2n) is 6.77. The van der Waals surface area contributed by atoms with Gasteiger partial charge in [0.05, 0.1) is 34.3 Å². The van der Waals surface area contributed by atoms with Crippen molar-refractivity contribution in [2.75, 3.05) is 4.31 Å². The Morgan fingerprint density at radius 3 is 2.45 bits per heavy atom. The number of cyclic esters (lactones) is 1. The van der Waals surface area contributed by atoms with Crippen LogP contribution in [0.1, 0.15) is 27.0 Å². The summed E-state index contributed by atoms with van der Waals surface area (Å²) in [6, 6.07) is 17.2. The van der Waals surface area contributed by atoms with Crippen molar-refractivity contribution in [3.05, 3.63) is 93.0 Å². The first-order valence-corrected chi connectivity index (χ1v) is 11.3. The Bertz CT molecular complexity index is 1330. The molecule has 3 aromatic rings. The van der Waals surface area contributed by atoms with Gasteiger partial charge in [0.1, 0.15) is 6.61 Å². The van der Waals surface area contributed by atoms with Gasteiger partial charge >= 0.3 is 5.97 Å². The predicted octanol–water partition coefficient (Wildman–Crippen LogP) is 4.93. The number of esters is 1. The van der Waals surface area contributed by atoms with E-state index in [4.69, 9.17) is 27.9 Å². The molecule has 0 atom stereocenters. The number of nitrogens with zero attached hydrogens (tertiary/aromatic N) is 2. The molecular formula is C22H14Cl2N2O4S. The summed E-state index contributed by atoms with van der Waals surface area (Å²) in [5, 5.41) is 9.79. The Morgan fingerprint density at radius 1 is 1.03 bits per heavy atom. The van der Waals surface area contributed by atoms with Gasteiger partial charge in [-0.3, -0.25) is 4.31 Å². The van der Waals surface area contributed by atoms with Gasteiger partial charge in [-0.05, 0) is 42.5 Å². The monoisotopic (exact) mass is 472 g/mol. The summed E-state index contributed by atoms with van der Waals surface area (Å²) in [6.45, 7) is -0.0345. The van der Waals surface area contributed by atoms with Crippen LogP contribution in [-0.2, 0) is 27.9 Å². The smallest absolute Gasteiger partial charge is 0.338 e. The minimum atomic E-state index is -4.14. The van der Waals surface area contributed by atoms with Gasteiger partial charge in [0.25, 0.3) is 10.0 Å². The summed E-state index contributed by atoms with van der Waals surface area (Å²) >= 11 is 12.6. The summed E-state index contributed by atoms with van der Waals surface area (Å²) in [5.74, 6) is -0.517. The molecule has 0 aromatic heterocycles. The van der Waals surface area contributed by atoms with Gasteiger partial charge in [-0.2, -0.15) is 5.26 Å². The van der Waals surface area contributed by atoms with Crippen molar-refractivity contribution >= 4 is 44.9 Å². The van der Waals surface area contributed by atoms with E-state index in [9.17, 15) is 18.5 Å². The van der Waals surface area contributed by atoms with Crippen LogP contribution in [0.5, 0.6) is 0 Å². The Kier molecular flexibility index (Phi) is 5.63. The molecule has 0 aliphatic carbocycles. The molecule has 3 aromatic carbocycles. The maximum Gasteiger partial charge on any atom is 0.338 e. The van der Waals surface area contributed by atoms with Crippen molar-refractivity contribution in [3.63, 3.8) is 0 Å². The molecule has 0 spiro atoms. The van der Waals surface area contributed by atoms with Crippen molar-refractivity contribution in [1.29, 1.82) is 5.26 Å². The molecule has 0 amide bonds. The fourth-order valence-corrected chi connectivity index (χ4v) is 5.24. The van der Waals surface area contributed by atoms with Gasteiger partial charge in [-0.25, -0.2) is 13.2 Å². The van der Waals surface area contributed by atoms with E-state index in [1.165, 1.54) is 30.3 Å².